The first-order valence-electron chi connectivity index (χ1n) is 12.6. The van der Waals surface area contributed by atoms with E-state index in [-0.39, 0.29) is 5.41 Å². The van der Waals surface area contributed by atoms with Gasteiger partial charge in [0, 0.05) is 39.6 Å². The topological polar surface area (TPSA) is 70.2 Å². The summed E-state index contributed by atoms with van der Waals surface area (Å²) in [4.78, 5) is 22.0. The summed E-state index contributed by atoms with van der Waals surface area (Å²) in [5.74, 6) is 0.840. The van der Waals surface area contributed by atoms with Crippen LogP contribution in [-0.4, -0.2) is 24.9 Å². The van der Waals surface area contributed by atoms with Crippen LogP contribution in [0.15, 0.2) is 79.1 Å². The van der Waals surface area contributed by atoms with E-state index in [1.807, 2.05) is 24.5 Å². The van der Waals surface area contributed by atoms with Gasteiger partial charge in [-0.25, -0.2) is 4.98 Å². The molecule has 0 aliphatic rings. The minimum atomic E-state index is 0.0309. The molecule has 0 bridgehead atoms. The fourth-order valence-corrected chi connectivity index (χ4v) is 5.42. The van der Waals surface area contributed by atoms with Crippen LogP contribution in [-0.2, 0) is 5.41 Å². The minimum absolute atomic E-state index is 0.0309. The summed E-state index contributed by atoms with van der Waals surface area (Å²) in [5.41, 5.74) is 10.6. The number of nitrogens with zero attached hydrogens (tertiary/aromatic N) is 3. The van der Waals surface area contributed by atoms with E-state index in [1.165, 1.54) is 16.7 Å². The molecule has 0 saturated heterocycles. The Hall–Kier alpha value is -4.51. The van der Waals surface area contributed by atoms with E-state index in [0.29, 0.717) is 0 Å². The summed E-state index contributed by atoms with van der Waals surface area (Å²) in [6.07, 6.45) is 3.64. The average Bonchev–Trinajstić information content (AvgIpc) is 3.50. The monoisotopic (exact) mass is 481 g/mol. The van der Waals surface area contributed by atoms with Crippen LogP contribution >= 0.6 is 0 Å². The third-order valence-electron chi connectivity index (χ3n) is 7.38. The Balaban J connectivity index is 1.62. The Morgan fingerprint density at radius 2 is 1.43 bits per heavy atom. The van der Waals surface area contributed by atoms with Crippen molar-refractivity contribution in [2.75, 3.05) is 0 Å². The van der Waals surface area contributed by atoms with Crippen LogP contribution in [0.3, 0.4) is 0 Å². The lowest BCUT2D eigenvalue weighted by atomic mass is 9.86. The predicted molar refractivity (Wildman–Crippen MR) is 153 cm³/mol. The molecule has 0 aliphatic carbocycles. The van der Waals surface area contributed by atoms with E-state index >= 15 is 0 Å². The summed E-state index contributed by atoms with van der Waals surface area (Å²) in [5, 5.41) is 3.18. The second-order valence-corrected chi connectivity index (χ2v) is 10.8. The Labute approximate surface area is 214 Å². The number of aromatic amines is 2. The third-order valence-corrected chi connectivity index (χ3v) is 7.38. The van der Waals surface area contributed by atoms with Crippen molar-refractivity contribution in [1.29, 1.82) is 0 Å². The summed E-state index contributed by atoms with van der Waals surface area (Å²) < 4.78 is 0. The number of aromatic nitrogens is 5. The maximum atomic E-state index is 5.25. The van der Waals surface area contributed by atoms with Gasteiger partial charge >= 0.3 is 0 Å². The number of fused-ring (bicyclic) bond motifs is 7. The second-order valence-electron chi connectivity index (χ2n) is 10.8. The Kier molecular flexibility index (Phi) is 4.55. The second kappa shape index (κ2) is 7.74. The molecular formula is C32H27N5. The van der Waals surface area contributed by atoms with Gasteiger partial charge in [0.15, 0.2) is 0 Å². The Morgan fingerprint density at radius 1 is 0.703 bits per heavy atom. The molecule has 4 heterocycles. The lowest BCUT2D eigenvalue weighted by molar-refractivity contribution is 0.591. The molecule has 180 valence electrons. The van der Waals surface area contributed by atoms with Crippen LogP contribution in [0.1, 0.15) is 31.9 Å². The van der Waals surface area contributed by atoms with Crippen molar-refractivity contribution >= 4 is 43.7 Å². The van der Waals surface area contributed by atoms with E-state index in [1.54, 1.807) is 0 Å². The van der Waals surface area contributed by atoms with Crippen molar-refractivity contribution in [2.24, 2.45) is 0 Å². The number of nitrogens with one attached hydrogen (secondary N) is 2. The first kappa shape index (κ1) is 21.7. The molecule has 0 fully saturated rings. The Bertz CT molecular complexity index is 1910. The molecule has 0 aliphatic heterocycles. The van der Waals surface area contributed by atoms with Crippen molar-refractivity contribution in [3.05, 3.63) is 90.3 Å². The van der Waals surface area contributed by atoms with Gasteiger partial charge in [0.2, 0.25) is 0 Å². The van der Waals surface area contributed by atoms with Gasteiger partial charge in [-0.3, -0.25) is 9.97 Å². The zero-order valence-corrected chi connectivity index (χ0v) is 21.3. The van der Waals surface area contributed by atoms with Crippen LogP contribution in [0.4, 0.5) is 0 Å². The maximum absolute atomic E-state index is 5.25. The molecule has 5 nitrogen and oxygen atoms in total. The highest BCUT2D eigenvalue weighted by Gasteiger charge is 2.23. The molecule has 0 saturated carbocycles. The van der Waals surface area contributed by atoms with Gasteiger partial charge in [0.05, 0.1) is 33.3 Å². The van der Waals surface area contributed by atoms with E-state index in [2.05, 4.69) is 102 Å². The van der Waals surface area contributed by atoms with Gasteiger partial charge in [0.25, 0.3) is 0 Å². The average molecular weight is 482 g/mol. The molecule has 0 radical (unpaired) electrons. The molecule has 0 atom stereocenters. The lowest BCUT2D eigenvalue weighted by Gasteiger charge is -2.19. The molecular weight excluding hydrogens is 454 g/mol. The summed E-state index contributed by atoms with van der Waals surface area (Å²) in [6.45, 7) is 8.91. The number of aryl methyl sites for hydroxylation is 1. The first-order chi connectivity index (χ1) is 17.9. The van der Waals surface area contributed by atoms with Gasteiger partial charge in [-0.05, 0) is 59.9 Å². The zero-order chi connectivity index (χ0) is 25.3. The third kappa shape index (κ3) is 3.27. The molecule has 7 rings (SSSR count). The van der Waals surface area contributed by atoms with Crippen molar-refractivity contribution in [2.45, 2.75) is 33.1 Å². The number of imidazole rings is 1. The molecule has 37 heavy (non-hydrogen) atoms. The predicted octanol–water partition coefficient (Wildman–Crippen LogP) is 8.08. The van der Waals surface area contributed by atoms with Gasteiger partial charge < -0.3 is 9.97 Å². The van der Waals surface area contributed by atoms with Crippen LogP contribution in [0.2, 0.25) is 0 Å². The molecule has 3 aromatic carbocycles. The fraction of sp³-hybridized carbons (Fsp3) is 0.156. The Morgan fingerprint density at radius 3 is 2.19 bits per heavy atom. The zero-order valence-electron chi connectivity index (χ0n) is 21.3. The SMILES string of the molecule is Cc1ccccc1-c1[nH]c2ccc(C(C)(C)C)cc2c1-c1nc2c3cccnc3c3ncccc3c2[nH]1. The van der Waals surface area contributed by atoms with Crippen molar-refractivity contribution in [1.82, 2.24) is 24.9 Å². The smallest absolute Gasteiger partial charge is 0.141 e. The number of pyridine rings is 2. The maximum Gasteiger partial charge on any atom is 0.141 e. The van der Waals surface area contributed by atoms with Gasteiger partial charge in [-0.1, -0.05) is 51.1 Å². The standard InChI is InChI=1S/C32H27N5/c1-18-9-5-6-10-20(18)26-25(23-17-19(32(2,3)4)13-14-24(23)35-26)31-36-29-21-11-7-15-33-27(21)28-22(30(29)37-31)12-8-16-34-28/h5-17,35H,1-4H3,(H,36,37). The first-order valence-corrected chi connectivity index (χ1v) is 12.6. The largest absolute Gasteiger partial charge is 0.354 e. The number of benzene rings is 3. The number of H-pyrrole nitrogens is 2. The number of hydrogen-bond acceptors (Lipinski definition) is 3. The minimum Gasteiger partial charge on any atom is -0.354 e. The van der Waals surface area contributed by atoms with Crippen molar-refractivity contribution in [3.8, 4) is 22.6 Å². The van der Waals surface area contributed by atoms with Crippen LogP contribution < -0.4 is 0 Å². The van der Waals surface area contributed by atoms with E-state index in [9.17, 15) is 0 Å². The molecule has 0 spiro atoms. The van der Waals surface area contributed by atoms with Gasteiger partial charge in [-0.15, -0.1) is 0 Å². The van der Waals surface area contributed by atoms with E-state index < -0.39 is 0 Å². The van der Waals surface area contributed by atoms with E-state index in [0.717, 1.165) is 60.8 Å². The molecule has 2 N–H and O–H groups in total. The van der Waals surface area contributed by atoms with Crippen LogP contribution in [0, 0.1) is 6.92 Å². The molecule has 5 heteroatoms. The highest BCUT2D eigenvalue weighted by molar-refractivity contribution is 6.21. The van der Waals surface area contributed by atoms with Crippen molar-refractivity contribution in [3.63, 3.8) is 0 Å². The van der Waals surface area contributed by atoms with E-state index in [4.69, 9.17) is 4.98 Å². The number of hydrogen-bond donors (Lipinski definition) is 2. The molecule has 7 aromatic rings. The fourth-order valence-electron chi connectivity index (χ4n) is 5.42. The van der Waals surface area contributed by atoms with Crippen LogP contribution in [0.25, 0.3) is 66.4 Å². The quantitative estimate of drug-likeness (QED) is 0.245. The molecule has 4 aromatic heterocycles. The lowest BCUT2D eigenvalue weighted by Crippen LogP contribution is -2.10. The highest BCUT2D eigenvalue weighted by Crippen LogP contribution is 2.42. The van der Waals surface area contributed by atoms with Crippen molar-refractivity contribution < 1.29 is 0 Å². The summed E-state index contributed by atoms with van der Waals surface area (Å²) in [6, 6.07) is 23.3. The normalized spacial score (nSPS) is 12.3. The van der Waals surface area contributed by atoms with Crippen LogP contribution in [0.5, 0.6) is 0 Å². The summed E-state index contributed by atoms with van der Waals surface area (Å²) >= 11 is 0. The summed E-state index contributed by atoms with van der Waals surface area (Å²) in [7, 11) is 0. The molecule has 0 amide bonds. The van der Waals surface area contributed by atoms with Gasteiger partial charge in [0.1, 0.15) is 5.82 Å². The highest BCUT2D eigenvalue weighted by atomic mass is 14.9. The van der Waals surface area contributed by atoms with Gasteiger partial charge in [-0.2, -0.15) is 0 Å². The molecule has 0 unspecified atom stereocenters. The number of rotatable bonds is 2.